The molecule has 1 fully saturated rings. The van der Waals surface area contributed by atoms with Crippen molar-refractivity contribution >= 4 is 27.5 Å². The van der Waals surface area contributed by atoms with E-state index < -0.39 is 10.0 Å². The second-order valence-electron chi connectivity index (χ2n) is 5.29. The van der Waals surface area contributed by atoms with Crippen molar-refractivity contribution in [2.24, 2.45) is 0 Å². The van der Waals surface area contributed by atoms with Gasteiger partial charge in [-0.1, -0.05) is 6.42 Å². The molecule has 1 aliphatic rings. The lowest BCUT2D eigenvalue weighted by molar-refractivity contribution is 0.573. The summed E-state index contributed by atoms with van der Waals surface area (Å²) in [6.07, 6.45) is 3.51. The molecule has 1 heterocycles. The molecule has 1 unspecified atom stereocenters. The van der Waals surface area contributed by atoms with Crippen molar-refractivity contribution in [1.82, 2.24) is 4.72 Å². The summed E-state index contributed by atoms with van der Waals surface area (Å²) in [5.74, 6) is 1.13. The zero-order chi connectivity index (χ0) is 14.8. The summed E-state index contributed by atoms with van der Waals surface area (Å²) in [5.41, 5.74) is 8.22. The summed E-state index contributed by atoms with van der Waals surface area (Å²) in [6.45, 7) is 4.27. The van der Waals surface area contributed by atoms with E-state index in [4.69, 9.17) is 5.73 Å². The highest BCUT2D eigenvalue weighted by Gasteiger charge is 2.20. The second kappa shape index (κ2) is 6.37. The van der Waals surface area contributed by atoms with Crippen LogP contribution >= 0.6 is 11.8 Å². The molecule has 112 valence electrons. The van der Waals surface area contributed by atoms with Crippen LogP contribution in [0, 0.1) is 13.8 Å². The lowest BCUT2D eigenvalue weighted by Gasteiger charge is -2.21. The fraction of sp³-hybridized carbons (Fsp3) is 0.571. The summed E-state index contributed by atoms with van der Waals surface area (Å²) >= 11 is 1.86. The van der Waals surface area contributed by atoms with Gasteiger partial charge < -0.3 is 5.73 Å². The Bertz CT molecular complexity index is 556. The lowest BCUT2D eigenvalue weighted by atomic mass is 10.1. The normalized spacial score (nSPS) is 20.0. The van der Waals surface area contributed by atoms with Gasteiger partial charge in [0.1, 0.15) is 0 Å². The molecule has 0 saturated carbocycles. The van der Waals surface area contributed by atoms with E-state index >= 15 is 0 Å². The van der Waals surface area contributed by atoms with E-state index in [1.54, 1.807) is 12.1 Å². The predicted molar refractivity (Wildman–Crippen MR) is 85.6 cm³/mol. The molecule has 2 rings (SSSR count). The third-order valence-electron chi connectivity index (χ3n) is 3.77. The van der Waals surface area contributed by atoms with Gasteiger partial charge in [0, 0.05) is 17.5 Å². The van der Waals surface area contributed by atoms with Gasteiger partial charge in [0.25, 0.3) is 0 Å². The van der Waals surface area contributed by atoms with Crippen LogP contribution in [0.4, 0.5) is 5.69 Å². The minimum atomic E-state index is -3.46. The molecule has 20 heavy (non-hydrogen) atoms. The van der Waals surface area contributed by atoms with E-state index in [9.17, 15) is 8.42 Å². The molecule has 0 amide bonds. The maximum Gasteiger partial charge on any atom is 0.240 e. The van der Waals surface area contributed by atoms with Gasteiger partial charge in [-0.25, -0.2) is 13.1 Å². The minimum Gasteiger partial charge on any atom is -0.398 e. The SMILES string of the molecule is Cc1cc(S(=O)(=O)NCC2CCCCS2)cc(N)c1C. The van der Waals surface area contributed by atoms with E-state index in [-0.39, 0.29) is 4.90 Å². The van der Waals surface area contributed by atoms with Crippen molar-refractivity contribution in [1.29, 1.82) is 0 Å². The number of nitrogens with one attached hydrogen (secondary N) is 1. The molecule has 6 heteroatoms. The highest BCUT2D eigenvalue weighted by Crippen LogP contribution is 2.25. The summed E-state index contributed by atoms with van der Waals surface area (Å²) in [5, 5.41) is 0.391. The molecular weight excluding hydrogens is 292 g/mol. The average Bonchev–Trinajstić information content (AvgIpc) is 2.43. The Balaban J connectivity index is 2.10. The first-order valence-electron chi connectivity index (χ1n) is 6.88. The van der Waals surface area contributed by atoms with Crippen molar-refractivity contribution in [3.63, 3.8) is 0 Å². The quantitative estimate of drug-likeness (QED) is 0.837. The van der Waals surface area contributed by atoms with Crippen molar-refractivity contribution < 1.29 is 8.42 Å². The molecule has 1 aliphatic heterocycles. The van der Waals surface area contributed by atoms with E-state index in [1.165, 1.54) is 12.8 Å². The topological polar surface area (TPSA) is 72.2 Å². The fourth-order valence-electron chi connectivity index (χ4n) is 2.26. The Morgan fingerprint density at radius 2 is 2.10 bits per heavy atom. The molecule has 1 saturated heterocycles. The highest BCUT2D eigenvalue weighted by atomic mass is 32.2. The molecule has 0 bridgehead atoms. The van der Waals surface area contributed by atoms with Crippen LogP contribution in [-0.2, 0) is 10.0 Å². The van der Waals surface area contributed by atoms with Crippen LogP contribution in [-0.4, -0.2) is 26.0 Å². The van der Waals surface area contributed by atoms with Crippen molar-refractivity contribution in [2.45, 2.75) is 43.3 Å². The van der Waals surface area contributed by atoms with E-state index in [2.05, 4.69) is 4.72 Å². The van der Waals surface area contributed by atoms with Gasteiger partial charge >= 0.3 is 0 Å². The lowest BCUT2D eigenvalue weighted by Crippen LogP contribution is -2.32. The summed E-state index contributed by atoms with van der Waals surface area (Å²) in [6, 6.07) is 3.22. The van der Waals surface area contributed by atoms with Crippen molar-refractivity contribution in [3.8, 4) is 0 Å². The average molecular weight is 314 g/mol. The predicted octanol–water partition coefficient (Wildman–Crippen LogP) is 2.45. The molecular formula is C14H22N2O2S2. The number of nitrogens with two attached hydrogens (primary N) is 1. The van der Waals surface area contributed by atoms with Crippen molar-refractivity contribution in [3.05, 3.63) is 23.3 Å². The molecule has 0 aromatic heterocycles. The first-order chi connectivity index (χ1) is 9.40. The molecule has 3 N–H and O–H groups in total. The molecule has 0 radical (unpaired) electrons. The molecule has 0 spiro atoms. The second-order valence-corrected chi connectivity index (χ2v) is 8.47. The van der Waals surface area contributed by atoms with Gasteiger partial charge in [0.15, 0.2) is 0 Å². The summed E-state index contributed by atoms with van der Waals surface area (Å²) < 4.78 is 27.3. The number of rotatable bonds is 4. The maximum atomic E-state index is 12.3. The van der Waals surface area contributed by atoms with Crippen molar-refractivity contribution in [2.75, 3.05) is 18.0 Å². The Morgan fingerprint density at radius 1 is 1.35 bits per heavy atom. The van der Waals surface area contributed by atoms with Gasteiger partial charge in [0.2, 0.25) is 10.0 Å². The van der Waals surface area contributed by atoms with E-state index in [0.717, 1.165) is 23.3 Å². The van der Waals surface area contributed by atoms with E-state index in [0.29, 0.717) is 17.5 Å². The van der Waals surface area contributed by atoms with Gasteiger partial charge in [0.05, 0.1) is 4.90 Å². The number of aryl methyl sites for hydroxylation is 1. The third kappa shape index (κ3) is 3.68. The number of hydrogen-bond donors (Lipinski definition) is 2. The number of benzene rings is 1. The number of thioether (sulfide) groups is 1. The van der Waals surface area contributed by atoms with Gasteiger partial charge in [-0.3, -0.25) is 0 Å². The molecule has 1 atom stereocenters. The van der Waals surface area contributed by atoms with Crippen LogP contribution in [0.15, 0.2) is 17.0 Å². The van der Waals surface area contributed by atoms with Crippen LogP contribution in [0.25, 0.3) is 0 Å². The minimum absolute atomic E-state index is 0.263. The molecule has 1 aromatic rings. The first kappa shape index (κ1) is 15.7. The third-order valence-corrected chi connectivity index (χ3v) is 6.57. The largest absolute Gasteiger partial charge is 0.398 e. The highest BCUT2D eigenvalue weighted by molar-refractivity contribution is 8.00. The van der Waals surface area contributed by atoms with E-state index in [1.807, 2.05) is 25.6 Å². The summed E-state index contributed by atoms with van der Waals surface area (Å²) in [7, 11) is -3.46. The first-order valence-corrected chi connectivity index (χ1v) is 9.41. The molecule has 1 aromatic carbocycles. The van der Waals surface area contributed by atoms with Crippen LogP contribution < -0.4 is 10.5 Å². The maximum absolute atomic E-state index is 12.3. The standard InChI is InChI=1S/C14H22N2O2S2/c1-10-7-13(8-14(15)11(10)2)20(17,18)16-9-12-5-3-4-6-19-12/h7-8,12,16H,3-6,9,15H2,1-2H3. The van der Waals surface area contributed by atoms with Crippen LogP contribution in [0.3, 0.4) is 0 Å². The zero-order valence-electron chi connectivity index (χ0n) is 12.0. The van der Waals surface area contributed by atoms with Crippen LogP contribution in [0.2, 0.25) is 0 Å². The Kier molecular flexibility index (Phi) is 4.99. The number of hydrogen-bond acceptors (Lipinski definition) is 4. The number of sulfonamides is 1. The summed E-state index contributed by atoms with van der Waals surface area (Å²) in [4.78, 5) is 0.263. The van der Waals surface area contributed by atoms with Crippen LogP contribution in [0.5, 0.6) is 0 Å². The molecule has 0 aliphatic carbocycles. The smallest absolute Gasteiger partial charge is 0.240 e. The number of anilines is 1. The Labute approximate surface area is 125 Å². The monoisotopic (exact) mass is 314 g/mol. The van der Waals surface area contributed by atoms with Gasteiger partial charge in [-0.2, -0.15) is 11.8 Å². The number of nitrogen functional groups attached to an aromatic ring is 1. The van der Waals surface area contributed by atoms with Crippen LogP contribution in [0.1, 0.15) is 30.4 Å². The fourth-order valence-corrected chi connectivity index (χ4v) is 4.81. The molecule has 4 nitrogen and oxygen atoms in total. The Hall–Kier alpha value is -0.720. The van der Waals surface area contributed by atoms with Gasteiger partial charge in [-0.05, 0) is 55.7 Å². The zero-order valence-corrected chi connectivity index (χ0v) is 13.6. The Morgan fingerprint density at radius 3 is 2.70 bits per heavy atom. The van der Waals surface area contributed by atoms with Gasteiger partial charge in [-0.15, -0.1) is 0 Å².